The van der Waals surface area contributed by atoms with E-state index in [1.165, 1.54) is 12.1 Å². The van der Waals surface area contributed by atoms with Gasteiger partial charge in [-0.1, -0.05) is 23.7 Å². The highest BCUT2D eigenvalue weighted by Gasteiger charge is 2.04. The number of amides is 1. The highest BCUT2D eigenvalue weighted by Crippen LogP contribution is 2.11. The van der Waals surface area contributed by atoms with Crippen molar-refractivity contribution < 1.29 is 9.90 Å². The van der Waals surface area contributed by atoms with Crippen LogP contribution in [0.15, 0.2) is 48.5 Å². The Bertz CT molecular complexity index is 535. The van der Waals surface area contributed by atoms with E-state index >= 15 is 0 Å². The average Bonchev–Trinajstić information content (AvgIpc) is 2.38. The molecule has 0 radical (unpaired) electrons. The molecule has 2 aromatic rings. The zero-order chi connectivity index (χ0) is 13.0. The van der Waals surface area contributed by atoms with Gasteiger partial charge in [0.25, 0.3) is 5.91 Å². The second-order valence-corrected chi connectivity index (χ2v) is 4.29. The summed E-state index contributed by atoms with van der Waals surface area (Å²) < 4.78 is 0. The molecule has 0 aliphatic rings. The SMILES string of the molecule is O=C(NCc1ccc(Cl)cc1)c1ccc(O)cc1. The monoisotopic (exact) mass is 261 g/mol. The lowest BCUT2D eigenvalue weighted by Gasteiger charge is -2.05. The van der Waals surface area contributed by atoms with E-state index in [-0.39, 0.29) is 11.7 Å². The lowest BCUT2D eigenvalue weighted by atomic mass is 10.2. The third kappa shape index (κ3) is 3.25. The van der Waals surface area contributed by atoms with Crippen LogP contribution < -0.4 is 5.32 Å². The molecule has 2 N–H and O–H groups in total. The van der Waals surface area contributed by atoms with Crippen molar-refractivity contribution in [1.82, 2.24) is 5.32 Å². The van der Waals surface area contributed by atoms with Crippen molar-refractivity contribution in [3.8, 4) is 5.75 Å². The molecular formula is C14H12ClNO2. The van der Waals surface area contributed by atoms with E-state index in [2.05, 4.69) is 5.32 Å². The topological polar surface area (TPSA) is 49.3 Å². The second kappa shape index (κ2) is 5.56. The lowest BCUT2D eigenvalue weighted by molar-refractivity contribution is 0.0951. The van der Waals surface area contributed by atoms with Crippen LogP contribution in [0, 0.1) is 0 Å². The molecule has 0 aliphatic heterocycles. The molecule has 0 heterocycles. The Morgan fingerprint density at radius 2 is 1.67 bits per heavy atom. The zero-order valence-corrected chi connectivity index (χ0v) is 10.3. The molecule has 0 spiro atoms. The molecule has 1 amide bonds. The first-order valence-corrected chi connectivity index (χ1v) is 5.84. The summed E-state index contributed by atoms with van der Waals surface area (Å²) in [7, 11) is 0. The summed E-state index contributed by atoms with van der Waals surface area (Å²) in [4.78, 5) is 11.8. The number of aromatic hydroxyl groups is 1. The highest BCUT2D eigenvalue weighted by molar-refractivity contribution is 6.30. The summed E-state index contributed by atoms with van der Waals surface area (Å²) in [5, 5.41) is 12.6. The smallest absolute Gasteiger partial charge is 0.251 e. The number of rotatable bonds is 3. The number of benzene rings is 2. The summed E-state index contributed by atoms with van der Waals surface area (Å²) in [5.74, 6) is -0.0331. The minimum Gasteiger partial charge on any atom is -0.508 e. The molecule has 2 aromatic carbocycles. The van der Waals surface area contributed by atoms with E-state index < -0.39 is 0 Å². The summed E-state index contributed by atoms with van der Waals surface area (Å²) in [6, 6.07) is 13.4. The number of halogens is 1. The van der Waals surface area contributed by atoms with E-state index in [9.17, 15) is 4.79 Å². The summed E-state index contributed by atoms with van der Waals surface area (Å²) >= 11 is 5.77. The average molecular weight is 262 g/mol. The van der Waals surface area contributed by atoms with E-state index in [1.807, 2.05) is 12.1 Å². The van der Waals surface area contributed by atoms with Crippen molar-refractivity contribution in [2.24, 2.45) is 0 Å². The molecule has 2 rings (SSSR count). The molecule has 0 unspecified atom stereocenters. The van der Waals surface area contributed by atoms with Crippen molar-refractivity contribution in [3.05, 3.63) is 64.7 Å². The Kier molecular flexibility index (Phi) is 3.85. The van der Waals surface area contributed by atoms with Crippen molar-refractivity contribution in [1.29, 1.82) is 0 Å². The van der Waals surface area contributed by atoms with Gasteiger partial charge in [0.2, 0.25) is 0 Å². The molecule has 0 fully saturated rings. The Morgan fingerprint density at radius 1 is 1.06 bits per heavy atom. The van der Waals surface area contributed by atoms with E-state index in [1.54, 1.807) is 24.3 Å². The van der Waals surface area contributed by atoms with Gasteiger partial charge in [-0.05, 0) is 42.0 Å². The molecule has 0 saturated carbocycles. The van der Waals surface area contributed by atoms with E-state index in [0.717, 1.165) is 5.56 Å². The number of carbonyl (C=O) groups is 1. The fraction of sp³-hybridized carbons (Fsp3) is 0.0714. The molecule has 18 heavy (non-hydrogen) atoms. The third-order valence-corrected chi connectivity index (χ3v) is 2.75. The Morgan fingerprint density at radius 3 is 2.28 bits per heavy atom. The van der Waals surface area contributed by atoms with Gasteiger partial charge < -0.3 is 10.4 Å². The molecule has 0 aliphatic carbocycles. The summed E-state index contributed by atoms with van der Waals surface area (Å²) in [5.41, 5.74) is 1.49. The van der Waals surface area contributed by atoms with Gasteiger partial charge in [-0.15, -0.1) is 0 Å². The minimum atomic E-state index is -0.176. The fourth-order valence-corrected chi connectivity index (χ4v) is 1.63. The van der Waals surface area contributed by atoms with Gasteiger partial charge in [-0.2, -0.15) is 0 Å². The van der Waals surface area contributed by atoms with Crippen LogP contribution in [-0.2, 0) is 6.54 Å². The van der Waals surface area contributed by atoms with E-state index in [0.29, 0.717) is 17.1 Å². The van der Waals surface area contributed by atoms with Crippen LogP contribution in [0.2, 0.25) is 5.02 Å². The molecule has 0 bridgehead atoms. The van der Waals surface area contributed by atoms with Gasteiger partial charge in [0.15, 0.2) is 0 Å². The lowest BCUT2D eigenvalue weighted by Crippen LogP contribution is -2.22. The predicted molar refractivity (Wildman–Crippen MR) is 70.7 cm³/mol. The maximum Gasteiger partial charge on any atom is 0.251 e. The normalized spacial score (nSPS) is 10.1. The number of carbonyl (C=O) groups excluding carboxylic acids is 1. The Hall–Kier alpha value is -2.00. The Balaban J connectivity index is 1.96. The summed E-state index contributed by atoms with van der Waals surface area (Å²) in [6.45, 7) is 0.441. The first kappa shape index (κ1) is 12.5. The highest BCUT2D eigenvalue weighted by atomic mass is 35.5. The van der Waals surface area contributed by atoms with Gasteiger partial charge in [0, 0.05) is 17.1 Å². The molecule has 4 heteroatoms. The first-order chi connectivity index (χ1) is 8.65. The second-order valence-electron chi connectivity index (χ2n) is 3.86. The van der Waals surface area contributed by atoms with Crippen molar-refractivity contribution >= 4 is 17.5 Å². The number of phenols is 1. The van der Waals surface area contributed by atoms with Crippen molar-refractivity contribution in [3.63, 3.8) is 0 Å². The Labute approximate surface area is 110 Å². The number of hydrogen-bond acceptors (Lipinski definition) is 2. The molecule has 92 valence electrons. The van der Waals surface area contributed by atoms with Gasteiger partial charge >= 0.3 is 0 Å². The van der Waals surface area contributed by atoms with Crippen LogP contribution >= 0.6 is 11.6 Å². The number of nitrogens with one attached hydrogen (secondary N) is 1. The van der Waals surface area contributed by atoms with Crippen LogP contribution in [0.5, 0.6) is 5.75 Å². The molecule has 0 saturated heterocycles. The maximum absolute atomic E-state index is 11.8. The van der Waals surface area contributed by atoms with Crippen LogP contribution in [0.1, 0.15) is 15.9 Å². The number of phenolic OH excluding ortho intramolecular Hbond substituents is 1. The maximum atomic E-state index is 11.8. The fourth-order valence-electron chi connectivity index (χ4n) is 1.50. The van der Waals surface area contributed by atoms with Gasteiger partial charge in [-0.25, -0.2) is 0 Å². The molecular weight excluding hydrogens is 250 g/mol. The molecule has 0 aromatic heterocycles. The van der Waals surface area contributed by atoms with Gasteiger partial charge in [0.05, 0.1) is 0 Å². The van der Waals surface area contributed by atoms with Crippen molar-refractivity contribution in [2.45, 2.75) is 6.54 Å². The van der Waals surface area contributed by atoms with Crippen LogP contribution in [0.25, 0.3) is 0 Å². The largest absolute Gasteiger partial charge is 0.508 e. The number of hydrogen-bond donors (Lipinski definition) is 2. The van der Waals surface area contributed by atoms with Gasteiger partial charge in [-0.3, -0.25) is 4.79 Å². The first-order valence-electron chi connectivity index (χ1n) is 5.47. The standard InChI is InChI=1S/C14H12ClNO2/c15-12-5-1-10(2-6-12)9-16-14(18)11-3-7-13(17)8-4-11/h1-8,17H,9H2,(H,16,18). The third-order valence-electron chi connectivity index (χ3n) is 2.50. The van der Waals surface area contributed by atoms with Crippen LogP contribution in [0.3, 0.4) is 0 Å². The molecule has 0 atom stereocenters. The van der Waals surface area contributed by atoms with Gasteiger partial charge in [0.1, 0.15) is 5.75 Å². The van der Waals surface area contributed by atoms with Crippen LogP contribution in [-0.4, -0.2) is 11.0 Å². The minimum absolute atomic E-state index is 0.143. The van der Waals surface area contributed by atoms with Crippen molar-refractivity contribution in [2.75, 3.05) is 0 Å². The van der Waals surface area contributed by atoms with E-state index in [4.69, 9.17) is 16.7 Å². The summed E-state index contributed by atoms with van der Waals surface area (Å²) in [6.07, 6.45) is 0. The molecule has 3 nitrogen and oxygen atoms in total. The van der Waals surface area contributed by atoms with Crippen LogP contribution in [0.4, 0.5) is 0 Å². The quantitative estimate of drug-likeness (QED) is 0.892. The zero-order valence-electron chi connectivity index (χ0n) is 9.56. The predicted octanol–water partition coefficient (Wildman–Crippen LogP) is 2.98.